The Morgan fingerprint density at radius 1 is 1.08 bits per heavy atom. The molecule has 1 N–H and O–H groups in total. The zero-order valence-corrected chi connectivity index (χ0v) is 22.7. The number of fused-ring (bicyclic) bond motifs is 1. The van der Waals surface area contributed by atoms with Crippen molar-refractivity contribution in [3.8, 4) is 26.9 Å². The highest BCUT2D eigenvalue weighted by atomic mass is 32.1. The predicted molar refractivity (Wildman–Crippen MR) is 149 cm³/mol. The number of nitrogens with one attached hydrogen (secondary N) is 1. The van der Waals surface area contributed by atoms with Crippen LogP contribution in [0.3, 0.4) is 0 Å². The fourth-order valence-electron chi connectivity index (χ4n) is 4.08. The van der Waals surface area contributed by atoms with E-state index in [1.54, 1.807) is 18.3 Å². The molecule has 0 saturated heterocycles. The fraction of sp³-hybridized carbons (Fsp3) is 0.259. The maximum Gasteiger partial charge on any atom is 0.275 e. The number of imide groups is 1. The lowest BCUT2D eigenvalue weighted by atomic mass is 10.1. The Hall–Kier alpha value is -3.60. The van der Waals surface area contributed by atoms with Crippen molar-refractivity contribution in [3.63, 3.8) is 0 Å². The first kappa shape index (κ1) is 25.1. The molecule has 5 rings (SSSR count). The third-order valence-electron chi connectivity index (χ3n) is 5.99. The SMILES string of the molecule is CC1=CC(=O)N(Nc2nc(-c3cccs3)nc3sc(-c4ccc(OCCCN(C)C)cc4)c(C)c23)C1=O. The second-order valence-electron chi connectivity index (χ2n) is 9.06. The van der Waals surface area contributed by atoms with E-state index in [0.717, 1.165) is 54.8 Å². The van der Waals surface area contributed by atoms with Crippen LogP contribution in [0.25, 0.3) is 31.4 Å². The van der Waals surface area contributed by atoms with E-state index >= 15 is 0 Å². The van der Waals surface area contributed by atoms with Crippen LogP contribution in [0.4, 0.5) is 5.82 Å². The number of aryl methyl sites for hydroxylation is 1. The number of carbonyl (C=O) groups is 2. The summed E-state index contributed by atoms with van der Waals surface area (Å²) in [6.07, 6.45) is 2.28. The Morgan fingerprint density at radius 2 is 1.86 bits per heavy atom. The Morgan fingerprint density at radius 3 is 2.51 bits per heavy atom. The first-order chi connectivity index (χ1) is 17.8. The predicted octanol–water partition coefficient (Wildman–Crippen LogP) is 5.37. The van der Waals surface area contributed by atoms with Crippen molar-refractivity contribution in [1.82, 2.24) is 19.9 Å². The maximum absolute atomic E-state index is 12.6. The molecule has 0 fully saturated rings. The minimum atomic E-state index is -0.416. The van der Waals surface area contributed by atoms with Gasteiger partial charge in [-0.05, 0) is 81.2 Å². The zero-order valence-electron chi connectivity index (χ0n) is 21.1. The molecule has 1 aromatic carbocycles. The van der Waals surface area contributed by atoms with E-state index < -0.39 is 5.91 Å². The van der Waals surface area contributed by atoms with E-state index in [1.807, 2.05) is 48.7 Å². The van der Waals surface area contributed by atoms with Gasteiger partial charge in [0.05, 0.1) is 16.9 Å². The second kappa shape index (κ2) is 10.4. The van der Waals surface area contributed by atoms with Gasteiger partial charge in [-0.1, -0.05) is 6.07 Å². The van der Waals surface area contributed by atoms with Gasteiger partial charge in [-0.15, -0.1) is 22.7 Å². The number of amides is 2. The lowest BCUT2D eigenvalue weighted by molar-refractivity contribution is -0.135. The van der Waals surface area contributed by atoms with Gasteiger partial charge in [0.15, 0.2) is 11.6 Å². The molecule has 0 spiro atoms. The Labute approximate surface area is 223 Å². The molecule has 1 aliphatic heterocycles. The van der Waals surface area contributed by atoms with E-state index in [1.165, 1.54) is 17.4 Å². The summed E-state index contributed by atoms with van der Waals surface area (Å²) < 4.78 is 5.89. The summed E-state index contributed by atoms with van der Waals surface area (Å²) in [5.74, 6) is 1.00. The first-order valence-electron chi connectivity index (χ1n) is 11.9. The molecule has 0 atom stereocenters. The highest BCUT2D eigenvalue weighted by Gasteiger charge is 2.30. The Balaban J connectivity index is 1.49. The molecule has 1 aliphatic rings. The van der Waals surface area contributed by atoms with Crippen molar-refractivity contribution in [1.29, 1.82) is 0 Å². The van der Waals surface area contributed by atoms with Crippen molar-refractivity contribution in [2.24, 2.45) is 0 Å². The number of carbonyl (C=O) groups excluding carboxylic acids is 2. The lowest BCUT2D eigenvalue weighted by Crippen LogP contribution is -2.36. The third kappa shape index (κ3) is 5.13. The van der Waals surface area contributed by atoms with Crippen molar-refractivity contribution in [2.75, 3.05) is 32.7 Å². The van der Waals surface area contributed by atoms with E-state index in [4.69, 9.17) is 14.7 Å². The van der Waals surface area contributed by atoms with Gasteiger partial charge in [-0.3, -0.25) is 15.0 Å². The molecule has 190 valence electrons. The van der Waals surface area contributed by atoms with E-state index in [-0.39, 0.29) is 5.91 Å². The number of hydrogen-bond donors (Lipinski definition) is 1. The first-order valence-corrected chi connectivity index (χ1v) is 13.6. The molecule has 0 bridgehead atoms. The van der Waals surface area contributed by atoms with Gasteiger partial charge in [0.1, 0.15) is 10.6 Å². The molecule has 3 aromatic heterocycles. The van der Waals surface area contributed by atoms with Gasteiger partial charge < -0.3 is 9.64 Å². The third-order valence-corrected chi connectivity index (χ3v) is 8.09. The van der Waals surface area contributed by atoms with Crippen molar-refractivity contribution in [2.45, 2.75) is 20.3 Å². The molecular formula is C27H27N5O3S2. The number of nitrogens with zero attached hydrogens (tertiary/aromatic N) is 4. The molecule has 0 unspecified atom stereocenters. The van der Waals surface area contributed by atoms with Crippen LogP contribution in [0.5, 0.6) is 5.75 Å². The number of hydrazine groups is 1. The summed E-state index contributed by atoms with van der Waals surface area (Å²) in [5.41, 5.74) is 5.38. The average Bonchev–Trinajstić information content (AvgIpc) is 3.58. The summed E-state index contributed by atoms with van der Waals surface area (Å²) in [7, 11) is 4.10. The maximum atomic E-state index is 12.6. The van der Waals surface area contributed by atoms with Crippen LogP contribution in [0, 0.1) is 6.92 Å². The van der Waals surface area contributed by atoms with Crippen molar-refractivity contribution < 1.29 is 14.3 Å². The summed E-state index contributed by atoms with van der Waals surface area (Å²) in [5, 5.41) is 3.76. The molecule has 0 saturated carbocycles. The molecule has 0 aliphatic carbocycles. The molecular weight excluding hydrogens is 506 g/mol. The van der Waals surface area contributed by atoms with Crippen LogP contribution in [0.1, 0.15) is 18.9 Å². The number of hydrogen-bond acceptors (Lipinski definition) is 9. The summed E-state index contributed by atoms with van der Waals surface area (Å²) in [4.78, 5) is 39.4. The monoisotopic (exact) mass is 533 g/mol. The quantitative estimate of drug-likeness (QED) is 0.229. The van der Waals surface area contributed by atoms with Crippen LogP contribution >= 0.6 is 22.7 Å². The van der Waals surface area contributed by atoms with E-state index in [2.05, 4.69) is 24.4 Å². The van der Waals surface area contributed by atoms with Gasteiger partial charge in [-0.2, -0.15) is 5.01 Å². The van der Waals surface area contributed by atoms with Gasteiger partial charge in [-0.25, -0.2) is 9.97 Å². The zero-order chi connectivity index (χ0) is 26.1. The van der Waals surface area contributed by atoms with E-state index in [9.17, 15) is 9.59 Å². The molecule has 37 heavy (non-hydrogen) atoms. The molecule has 8 nitrogen and oxygen atoms in total. The summed E-state index contributed by atoms with van der Waals surface area (Å²) in [6.45, 7) is 5.28. The normalized spacial score (nSPS) is 13.6. The minimum Gasteiger partial charge on any atom is -0.494 e. The highest BCUT2D eigenvalue weighted by Crippen LogP contribution is 2.42. The fourth-order valence-corrected chi connectivity index (χ4v) is 5.93. The molecule has 2 amide bonds. The smallest absolute Gasteiger partial charge is 0.275 e. The molecule has 10 heteroatoms. The number of anilines is 1. The van der Waals surface area contributed by atoms with Crippen LogP contribution in [0.2, 0.25) is 0 Å². The standard InChI is InChI=1S/C27H27N5O3S2/c1-16-15-21(33)32(27(16)34)30-25-22-17(2)23(37-26(22)29-24(28-25)20-7-5-14-36-20)18-8-10-19(11-9-18)35-13-6-12-31(3)4/h5,7-11,14-15H,6,12-13H2,1-4H3,(H,28,29,30). The molecule has 4 heterocycles. The van der Waals surface area contributed by atoms with Gasteiger partial charge in [0.2, 0.25) is 0 Å². The van der Waals surface area contributed by atoms with Crippen LogP contribution in [-0.4, -0.2) is 58.9 Å². The Bertz CT molecular complexity index is 1490. The minimum absolute atomic E-state index is 0.382. The van der Waals surface area contributed by atoms with Crippen LogP contribution in [-0.2, 0) is 9.59 Å². The second-order valence-corrected chi connectivity index (χ2v) is 11.0. The van der Waals surface area contributed by atoms with Crippen molar-refractivity contribution in [3.05, 3.63) is 59.0 Å². The number of ether oxygens (including phenoxy) is 1. The number of rotatable bonds is 9. The molecule has 0 radical (unpaired) electrons. The topological polar surface area (TPSA) is 87.7 Å². The number of benzene rings is 1. The largest absolute Gasteiger partial charge is 0.494 e. The van der Waals surface area contributed by atoms with Gasteiger partial charge >= 0.3 is 0 Å². The van der Waals surface area contributed by atoms with Gasteiger partial charge in [0.25, 0.3) is 11.8 Å². The summed E-state index contributed by atoms with van der Waals surface area (Å²) >= 11 is 3.09. The number of thiophene rings is 2. The lowest BCUT2D eigenvalue weighted by Gasteiger charge is -2.17. The number of aromatic nitrogens is 2. The average molecular weight is 534 g/mol. The van der Waals surface area contributed by atoms with Gasteiger partial charge in [0, 0.05) is 23.1 Å². The van der Waals surface area contributed by atoms with Crippen molar-refractivity contribution >= 4 is 50.5 Å². The van der Waals surface area contributed by atoms with Crippen LogP contribution < -0.4 is 10.2 Å². The highest BCUT2D eigenvalue weighted by molar-refractivity contribution is 7.22. The van der Waals surface area contributed by atoms with Crippen LogP contribution in [0.15, 0.2) is 53.4 Å². The van der Waals surface area contributed by atoms with E-state index in [0.29, 0.717) is 23.8 Å². The Kier molecular flexibility index (Phi) is 7.05. The molecule has 4 aromatic rings. The summed E-state index contributed by atoms with van der Waals surface area (Å²) in [6, 6.07) is 11.9.